The van der Waals surface area contributed by atoms with E-state index in [1.807, 2.05) is 18.2 Å². The van der Waals surface area contributed by atoms with Crippen LogP contribution in [0.4, 0.5) is 13.2 Å². The van der Waals surface area contributed by atoms with Gasteiger partial charge in [-0.3, -0.25) is 9.78 Å². The summed E-state index contributed by atoms with van der Waals surface area (Å²) >= 11 is 0. The number of halogens is 3. The first-order chi connectivity index (χ1) is 19.4. The van der Waals surface area contributed by atoms with E-state index in [2.05, 4.69) is 30.7 Å². The van der Waals surface area contributed by atoms with Crippen molar-refractivity contribution in [3.8, 4) is 0 Å². The molecule has 41 heavy (non-hydrogen) atoms. The second-order valence-electron chi connectivity index (χ2n) is 12.4. The SMILES string of the molecule is COC(=O)c1ccc(C)c(C2CCN([C@@H]3CC[C@@](C(=O)N4CCc5ncc(C(F)(F)F)cc5C4)(C(C)C)C3)CC2)c1. The highest BCUT2D eigenvalue weighted by atomic mass is 19.4. The number of fused-ring (bicyclic) bond motifs is 1. The number of hydrogen-bond acceptors (Lipinski definition) is 5. The van der Waals surface area contributed by atoms with Gasteiger partial charge in [0.15, 0.2) is 0 Å². The average molecular weight is 572 g/mol. The molecule has 3 heterocycles. The Balaban J connectivity index is 1.26. The van der Waals surface area contributed by atoms with Gasteiger partial charge < -0.3 is 14.5 Å². The maximum Gasteiger partial charge on any atom is 0.417 e. The number of nitrogens with zero attached hydrogens (tertiary/aromatic N) is 3. The van der Waals surface area contributed by atoms with E-state index < -0.39 is 17.2 Å². The molecule has 1 aromatic carbocycles. The summed E-state index contributed by atoms with van der Waals surface area (Å²) in [6.45, 7) is 8.82. The molecule has 2 fully saturated rings. The van der Waals surface area contributed by atoms with Gasteiger partial charge in [-0.05, 0) is 98.8 Å². The lowest BCUT2D eigenvalue weighted by Crippen LogP contribution is -2.49. The number of carbonyl (C=O) groups is 2. The fraction of sp³-hybridized carbons (Fsp3) is 0.594. The number of piperidine rings is 1. The number of esters is 1. The molecule has 0 N–H and O–H groups in total. The van der Waals surface area contributed by atoms with E-state index in [-0.39, 0.29) is 24.3 Å². The Morgan fingerprint density at radius 2 is 1.83 bits per heavy atom. The van der Waals surface area contributed by atoms with Crippen LogP contribution in [0.5, 0.6) is 0 Å². The van der Waals surface area contributed by atoms with Crippen molar-refractivity contribution in [1.82, 2.24) is 14.8 Å². The Bertz CT molecular complexity index is 1300. The van der Waals surface area contributed by atoms with Crippen LogP contribution >= 0.6 is 0 Å². The normalized spacial score (nSPS) is 24.0. The molecule has 2 aliphatic heterocycles. The molecule has 1 aromatic heterocycles. The predicted octanol–water partition coefficient (Wildman–Crippen LogP) is 6.15. The van der Waals surface area contributed by atoms with E-state index >= 15 is 0 Å². The molecular formula is C32H40F3N3O3. The quantitative estimate of drug-likeness (QED) is 0.403. The molecule has 6 nitrogen and oxygen atoms in total. The van der Waals surface area contributed by atoms with Crippen LogP contribution in [-0.2, 0) is 28.7 Å². The summed E-state index contributed by atoms with van der Waals surface area (Å²) in [5.74, 6) is 0.251. The first kappa shape index (κ1) is 29.5. The number of aryl methyl sites for hydroxylation is 1. The zero-order valence-corrected chi connectivity index (χ0v) is 24.4. The standard InChI is InChI=1S/C32H40F3N3O3/c1-20(2)31(30(40)38-14-10-28-24(19-38)15-25(18-36-28)32(33,34)35)11-7-26(17-31)37-12-8-22(9-13-37)27-16-23(29(39)41-4)6-5-21(27)3/h5-6,15-16,18,20,22,26H,7-14,17,19H2,1-4H3/t26-,31+/m1/s1. The van der Waals surface area contributed by atoms with E-state index in [0.717, 1.165) is 57.5 Å². The van der Waals surface area contributed by atoms with Crippen LogP contribution in [0.15, 0.2) is 30.5 Å². The first-order valence-corrected chi connectivity index (χ1v) is 14.7. The summed E-state index contributed by atoms with van der Waals surface area (Å²) in [5, 5.41) is 0. The number of alkyl halides is 3. The molecule has 2 aromatic rings. The van der Waals surface area contributed by atoms with Crippen molar-refractivity contribution >= 4 is 11.9 Å². The van der Waals surface area contributed by atoms with Crippen molar-refractivity contribution < 1.29 is 27.5 Å². The number of ether oxygens (including phenoxy) is 1. The van der Waals surface area contributed by atoms with Gasteiger partial charge in [0, 0.05) is 37.4 Å². The number of pyridine rings is 1. The monoisotopic (exact) mass is 571 g/mol. The second-order valence-corrected chi connectivity index (χ2v) is 12.4. The highest BCUT2D eigenvalue weighted by molar-refractivity contribution is 5.89. The van der Waals surface area contributed by atoms with Gasteiger partial charge in [-0.1, -0.05) is 19.9 Å². The number of methoxy groups -OCH3 is 1. The predicted molar refractivity (Wildman–Crippen MR) is 149 cm³/mol. The third-order valence-electron chi connectivity index (χ3n) is 9.89. The Morgan fingerprint density at radius 3 is 2.49 bits per heavy atom. The number of benzene rings is 1. The maximum atomic E-state index is 14.1. The van der Waals surface area contributed by atoms with E-state index in [1.165, 1.54) is 18.2 Å². The highest BCUT2D eigenvalue weighted by Crippen LogP contribution is 2.49. The number of carbonyl (C=O) groups excluding carboxylic acids is 2. The number of aromatic nitrogens is 1. The van der Waals surface area contributed by atoms with Crippen molar-refractivity contribution in [2.24, 2.45) is 11.3 Å². The summed E-state index contributed by atoms with van der Waals surface area (Å²) in [6.07, 6.45) is 1.39. The van der Waals surface area contributed by atoms with Gasteiger partial charge in [-0.2, -0.15) is 13.2 Å². The summed E-state index contributed by atoms with van der Waals surface area (Å²) in [7, 11) is 1.40. The largest absolute Gasteiger partial charge is 0.465 e. The molecule has 222 valence electrons. The number of likely N-dealkylation sites (tertiary alicyclic amines) is 1. The van der Waals surface area contributed by atoms with Gasteiger partial charge in [0.2, 0.25) is 5.91 Å². The fourth-order valence-corrected chi connectivity index (χ4v) is 7.30. The van der Waals surface area contributed by atoms with Crippen molar-refractivity contribution in [1.29, 1.82) is 0 Å². The van der Waals surface area contributed by atoms with Gasteiger partial charge in [0.25, 0.3) is 0 Å². The zero-order valence-electron chi connectivity index (χ0n) is 24.4. The maximum absolute atomic E-state index is 14.1. The van der Waals surface area contributed by atoms with E-state index in [9.17, 15) is 22.8 Å². The van der Waals surface area contributed by atoms with E-state index in [0.29, 0.717) is 41.7 Å². The van der Waals surface area contributed by atoms with Crippen molar-refractivity contribution in [3.63, 3.8) is 0 Å². The summed E-state index contributed by atoms with van der Waals surface area (Å²) < 4.78 is 44.8. The molecule has 5 rings (SSSR count). The topological polar surface area (TPSA) is 62.7 Å². The average Bonchev–Trinajstić information content (AvgIpc) is 3.43. The number of rotatable bonds is 5. The minimum atomic E-state index is -4.46. The molecule has 0 bridgehead atoms. The molecule has 0 unspecified atom stereocenters. The minimum Gasteiger partial charge on any atom is -0.465 e. The van der Waals surface area contributed by atoms with Crippen LogP contribution in [0.25, 0.3) is 0 Å². The van der Waals surface area contributed by atoms with Gasteiger partial charge in [-0.15, -0.1) is 0 Å². The molecule has 2 atom stereocenters. The molecule has 9 heteroatoms. The molecule has 0 radical (unpaired) electrons. The van der Waals surface area contributed by atoms with E-state index in [4.69, 9.17) is 4.74 Å². The fourth-order valence-electron chi connectivity index (χ4n) is 7.30. The lowest BCUT2D eigenvalue weighted by molar-refractivity contribution is -0.146. The Kier molecular flexibility index (Phi) is 8.21. The molecular weight excluding hydrogens is 531 g/mol. The molecule has 1 amide bonds. The van der Waals surface area contributed by atoms with Gasteiger partial charge >= 0.3 is 12.1 Å². The van der Waals surface area contributed by atoms with E-state index in [1.54, 1.807) is 4.90 Å². The molecule has 3 aliphatic rings. The van der Waals surface area contributed by atoms with Crippen molar-refractivity contribution in [2.75, 3.05) is 26.7 Å². The highest BCUT2D eigenvalue weighted by Gasteiger charge is 2.51. The van der Waals surface area contributed by atoms with Gasteiger partial charge in [-0.25, -0.2) is 4.79 Å². The Labute approximate surface area is 240 Å². The molecule has 1 aliphatic carbocycles. The van der Waals surface area contributed by atoms with Gasteiger partial charge in [0.1, 0.15) is 0 Å². The van der Waals surface area contributed by atoms with Crippen LogP contribution in [0.1, 0.15) is 90.2 Å². The Morgan fingerprint density at radius 1 is 1.10 bits per heavy atom. The van der Waals surface area contributed by atoms with Crippen LogP contribution in [-0.4, -0.2) is 59.4 Å². The van der Waals surface area contributed by atoms with Gasteiger partial charge in [0.05, 0.1) is 23.7 Å². The summed E-state index contributed by atoms with van der Waals surface area (Å²) in [6, 6.07) is 7.25. The zero-order chi connectivity index (χ0) is 29.5. The van der Waals surface area contributed by atoms with Crippen LogP contribution in [0.3, 0.4) is 0 Å². The lowest BCUT2D eigenvalue weighted by atomic mass is 9.73. The third kappa shape index (κ3) is 5.74. The van der Waals surface area contributed by atoms with Crippen LogP contribution in [0, 0.1) is 18.3 Å². The van der Waals surface area contributed by atoms with Crippen LogP contribution < -0.4 is 0 Å². The minimum absolute atomic E-state index is 0.0724. The summed E-state index contributed by atoms with van der Waals surface area (Å²) in [5.41, 5.74) is 2.85. The molecule has 0 spiro atoms. The first-order valence-electron chi connectivity index (χ1n) is 14.7. The lowest BCUT2D eigenvalue weighted by Gasteiger charge is -2.41. The third-order valence-corrected chi connectivity index (χ3v) is 9.89. The summed E-state index contributed by atoms with van der Waals surface area (Å²) in [4.78, 5) is 34.5. The number of hydrogen-bond donors (Lipinski definition) is 0. The smallest absolute Gasteiger partial charge is 0.417 e. The van der Waals surface area contributed by atoms with Crippen LogP contribution in [0.2, 0.25) is 0 Å². The second kappa shape index (κ2) is 11.4. The molecule has 1 saturated heterocycles. The Hall–Kier alpha value is -2.94. The van der Waals surface area contributed by atoms with Crippen molar-refractivity contribution in [3.05, 3.63) is 64.0 Å². The number of amides is 1. The van der Waals surface area contributed by atoms with Crippen molar-refractivity contribution in [2.45, 2.75) is 84.0 Å². The molecule has 1 saturated carbocycles.